The smallest absolute Gasteiger partial charge is 0.237 e. The first-order valence-electron chi connectivity index (χ1n) is 7.90. The molecule has 3 rings (SSSR count). The summed E-state index contributed by atoms with van der Waals surface area (Å²) in [4.78, 5) is 12.5. The Morgan fingerprint density at radius 1 is 1.27 bits per heavy atom. The number of hydrogen-bond acceptors (Lipinski definition) is 6. The Morgan fingerprint density at radius 2 is 2.08 bits per heavy atom. The summed E-state index contributed by atoms with van der Waals surface area (Å²) < 4.78 is 1.60. The first kappa shape index (κ1) is 17.6. The Bertz CT molecular complexity index is 978. The average molecular weight is 364 g/mol. The second kappa shape index (κ2) is 7.80. The van der Waals surface area contributed by atoms with Crippen molar-refractivity contribution in [3.05, 3.63) is 59.7 Å². The van der Waals surface area contributed by atoms with Crippen molar-refractivity contribution in [2.24, 2.45) is 0 Å². The zero-order valence-electron chi connectivity index (χ0n) is 14.2. The molecule has 0 aliphatic heterocycles. The molecule has 0 radical (unpaired) electrons. The van der Waals surface area contributed by atoms with Crippen molar-refractivity contribution in [3.8, 4) is 11.8 Å². The van der Waals surface area contributed by atoms with Crippen LogP contribution in [0.1, 0.15) is 18.1 Å². The number of carbonyl (C=O) groups excluding carboxylic acids is 1. The number of tetrazole rings is 1. The van der Waals surface area contributed by atoms with Crippen LogP contribution in [0.25, 0.3) is 5.69 Å². The normalized spacial score (nSPS) is 11.6. The van der Waals surface area contributed by atoms with Gasteiger partial charge >= 0.3 is 0 Å². The summed E-state index contributed by atoms with van der Waals surface area (Å²) in [7, 11) is 0. The van der Waals surface area contributed by atoms with Crippen LogP contribution in [0, 0.1) is 18.3 Å². The minimum atomic E-state index is -0.448. The number of amides is 1. The van der Waals surface area contributed by atoms with Crippen molar-refractivity contribution < 1.29 is 4.79 Å². The van der Waals surface area contributed by atoms with E-state index in [4.69, 9.17) is 5.26 Å². The van der Waals surface area contributed by atoms with E-state index >= 15 is 0 Å². The van der Waals surface area contributed by atoms with Gasteiger partial charge in [-0.25, -0.2) is 0 Å². The standard InChI is InChI=1S/C18H16N6OS/c1-12-6-5-8-15(10-12)24-18(21-22-23-24)26-13(2)17(25)20-16-9-4-3-7-14(16)11-19/h3-10,13H,1-2H3,(H,20,25). The summed E-state index contributed by atoms with van der Waals surface area (Å²) >= 11 is 1.25. The van der Waals surface area contributed by atoms with E-state index < -0.39 is 5.25 Å². The van der Waals surface area contributed by atoms with Crippen LogP contribution in [0.2, 0.25) is 0 Å². The molecule has 1 heterocycles. The number of para-hydroxylation sites is 1. The van der Waals surface area contributed by atoms with Gasteiger partial charge in [0.2, 0.25) is 11.1 Å². The van der Waals surface area contributed by atoms with E-state index in [1.165, 1.54) is 11.8 Å². The lowest BCUT2D eigenvalue weighted by atomic mass is 10.2. The first-order valence-corrected chi connectivity index (χ1v) is 8.78. The first-order chi connectivity index (χ1) is 12.6. The Hall–Kier alpha value is -3.18. The number of anilines is 1. The topological polar surface area (TPSA) is 96.5 Å². The zero-order chi connectivity index (χ0) is 18.5. The lowest BCUT2D eigenvalue weighted by Gasteiger charge is -2.12. The fraction of sp³-hybridized carbons (Fsp3) is 0.167. The van der Waals surface area contributed by atoms with Gasteiger partial charge in [0.15, 0.2) is 0 Å². The molecule has 1 N–H and O–H groups in total. The molecule has 2 aromatic carbocycles. The molecule has 1 unspecified atom stereocenters. The summed E-state index contributed by atoms with van der Waals surface area (Å²) in [5, 5.41) is 23.7. The third-order valence-electron chi connectivity index (χ3n) is 3.64. The number of nitriles is 1. The molecule has 8 heteroatoms. The molecule has 3 aromatic rings. The maximum Gasteiger partial charge on any atom is 0.237 e. The third-order valence-corrected chi connectivity index (χ3v) is 4.68. The molecule has 0 aliphatic rings. The van der Waals surface area contributed by atoms with E-state index in [0.29, 0.717) is 16.4 Å². The molecule has 1 atom stereocenters. The van der Waals surface area contributed by atoms with Crippen molar-refractivity contribution in [2.75, 3.05) is 5.32 Å². The third kappa shape index (κ3) is 3.90. The van der Waals surface area contributed by atoms with Gasteiger partial charge in [0.05, 0.1) is 22.2 Å². The van der Waals surface area contributed by atoms with Gasteiger partial charge in [0.25, 0.3) is 0 Å². The molecular weight excluding hydrogens is 348 g/mol. The summed E-state index contributed by atoms with van der Waals surface area (Å²) in [6.07, 6.45) is 0. The molecular formula is C18H16N6OS. The van der Waals surface area contributed by atoms with Gasteiger partial charge in [-0.2, -0.15) is 9.94 Å². The van der Waals surface area contributed by atoms with Crippen LogP contribution in [0.3, 0.4) is 0 Å². The van der Waals surface area contributed by atoms with E-state index in [-0.39, 0.29) is 5.91 Å². The van der Waals surface area contributed by atoms with Crippen molar-refractivity contribution in [3.63, 3.8) is 0 Å². The highest BCUT2D eigenvalue weighted by Crippen LogP contribution is 2.24. The fourth-order valence-corrected chi connectivity index (χ4v) is 3.12. The monoisotopic (exact) mass is 364 g/mol. The van der Waals surface area contributed by atoms with Crippen LogP contribution >= 0.6 is 11.8 Å². The van der Waals surface area contributed by atoms with Gasteiger partial charge < -0.3 is 5.32 Å². The molecule has 26 heavy (non-hydrogen) atoms. The van der Waals surface area contributed by atoms with Crippen molar-refractivity contribution in [1.29, 1.82) is 5.26 Å². The van der Waals surface area contributed by atoms with Crippen LogP contribution in [-0.4, -0.2) is 31.4 Å². The minimum Gasteiger partial charge on any atom is -0.324 e. The molecule has 130 valence electrons. The molecule has 0 saturated carbocycles. The average Bonchev–Trinajstić information content (AvgIpc) is 3.10. The van der Waals surface area contributed by atoms with Crippen molar-refractivity contribution >= 4 is 23.4 Å². The van der Waals surface area contributed by atoms with E-state index in [9.17, 15) is 4.79 Å². The fourth-order valence-electron chi connectivity index (χ4n) is 2.31. The number of aromatic nitrogens is 4. The second-order valence-corrected chi connectivity index (χ2v) is 6.93. The molecule has 0 saturated heterocycles. The zero-order valence-corrected chi connectivity index (χ0v) is 15.1. The maximum atomic E-state index is 12.5. The molecule has 1 aromatic heterocycles. The number of thioether (sulfide) groups is 1. The Morgan fingerprint density at radius 3 is 2.85 bits per heavy atom. The Balaban J connectivity index is 1.75. The maximum absolute atomic E-state index is 12.5. The summed E-state index contributed by atoms with van der Waals surface area (Å²) in [5.74, 6) is -0.225. The van der Waals surface area contributed by atoms with Crippen molar-refractivity contribution in [1.82, 2.24) is 20.2 Å². The second-order valence-electron chi connectivity index (χ2n) is 5.62. The summed E-state index contributed by atoms with van der Waals surface area (Å²) in [6, 6.07) is 16.7. The van der Waals surface area contributed by atoms with E-state index in [0.717, 1.165) is 11.3 Å². The van der Waals surface area contributed by atoms with Crippen molar-refractivity contribution in [2.45, 2.75) is 24.3 Å². The number of carbonyl (C=O) groups is 1. The molecule has 0 spiro atoms. The molecule has 7 nitrogen and oxygen atoms in total. The molecule has 0 aliphatic carbocycles. The summed E-state index contributed by atoms with van der Waals surface area (Å²) in [6.45, 7) is 3.76. The number of nitrogens with zero attached hydrogens (tertiary/aromatic N) is 5. The lowest BCUT2D eigenvalue weighted by molar-refractivity contribution is -0.115. The van der Waals surface area contributed by atoms with E-state index in [1.54, 1.807) is 35.9 Å². The number of benzene rings is 2. The van der Waals surface area contributed by atoms with Gasteiger partial charge in [0.1, 0.15) is 6.07 Å². The Labute approximate surface area is 155 Å². The van der Waals surface area contributed by atoms with E-state index in [2.05, 4.69) is 26.9 Å². The van der Waals surface area contributed by atoms with Gasteiger partial charge in [-0.1, -0.05) is 36.0 Å². The largest absolute Gasteiger partial charge is 0.324 e. The molecule has 0 fully saturated rings. The number of nitrogens with one attached hydrogen (secondary N) is 1. The highest BCUT2D eigenvalue weighted by molar-refractivity contribution is 8.00. The number of aryl methyl sites for hydroxylation is 1. The molecule has 1 amide bonds. The van der Waals surface area contributed by atoms with Crippen LogP contribution in [0.15, 0.2) is 53.7 Å². The highest BCUT2D eigenvalue weighted by atomic mass is 32.2. The SMILES string of the molecule is Cc1cccc(-n2nnnc2SC(C)C(=O)Nc2ccccc2C#N)c1. The quantitative estimate of drug-likeness (QED) is 0.699. The predicted molar refractivity (Wildman–Crippen MR) is 99.0 cm³/mol. The van der Waals surface area contributed by atoms with Gasteiger partial charge in [-0.05, 0) is 54.1 Å². The van der Waals surface area contributed by atoms with Gasteiger partial charge in [0, 0.05) is 0 Å². The van der Waals surface area contributed by atoms with Crippen LogP contribution in [0.5, 0.6) is 0 Å². The highest BCUT2D eigenvalue weighted by Gasteiger charge is 2.20. The predicted octanol–water partition coefficient (Wildman–Crippen LogP) is 2.96. The van der Waals surface area contributed by atoms with Crippen LogP contribution < -0.4 is 5.32 Å². The molecule has 0 bridgehead atoms. The van der Waals surface area contributed by atoms with Gasteiger partial charge in [-0.3, -0.25) is 4.79 Å². The van der Waals surface area contributed by atoms with Crippen LogP contribution in [-0.2, 0) is 4.79 Å². The minimum absolute atomic E-state index is 0.225. The Kier molecular flexibility index (Phi) is 5.29. The van der Waals surface area contributed by atoms with E-state index in [1.807, 2.05) is 31.2 Å². The van der Waals surface area contributed by atoms with Gasteiger partial charge in [-0.15, -0.1) is 5.10 Å². The lowest BCUT2D eigenvalue weighted by Crippen LogP contribution is -2.23. The summed E-state index contributed by atoms with van der Waals surface area (Å²) in [5.41, 5.74) is 2.83. The number of hydrogen-bond donors (Lipinski definition) is 1. The van der Waals surface area contributed by atoms with Crippen LogP contribution in [0.4, 0.5) is 5.69 Å². The number of rotatable bonds is 5.